The van der Waals surface area contributed by atoms with Crippen LogP contribution < -0.4 is 20.8 Å². The number of carbonyl (C=O) groups is 2. The zero-order valence-corrected chi connectivity index (χ0v) is 16.0. The highest BCUT2D eigenvalue weighted by Crippen LogP contribution is 2.29. The van der Waals surface area contributed by atoms with Crippen LogP contribution in [-0.2, 0) is 16.0 Å². The largest absolute Gasteiger partial charge is 0.548 e. The van der Waals surface area contributed by atoms with Gasteiger partial charge in [0.05, 0.1) is 12.0 Å². The van der Waals surface area contributed by atoms with Crippen molar-refractivity contribution in [1.82, 2.24) is 5.32 Å². The van der Waals surface area contributed by atoms with Crippen LogP contribution in [0.2, 0.25) is 0 Å². The van der Waals surface area contributed by atoms with E-state index < -0.39 is 29.6 Å². The van der Waals surface area contributed by atoms with Gasteiger partial charge in [0.1, 0.15) is 11.3 Å². The Morgan fingerprint density at radius 2 is 2.00 bits per heavy atom. The van der Waals surface area contributed by atoms with Crippen molar-refractivity contribution in [3.05, 3.63) is 39.7 Å². The molecule has 7 nitrogen and oxygen atoms in total. The number of carbonyl (C=O) groups excluding carboxylic acids is 2. The SMILES string of the molecule is CCC[C@@H](NC(=O)[C@@H](C)Oc1ccc2c(CC)cc(=O)oc2c1C)C(=O)[O-]. The first-order chi connectivity index (χ1) is 12.8. The van der Waals surface area contributed by atoms with Gasteiger partial charge in [-0.1, -0.05) is 20.3 Å². The zero-order valence-electron chi connectivity index (χ0n) is 16.0. The molecule has 1 amide bonds. The Morgan fingerprint density at radius 1 is 1.30 bits per heavy atom. The number of hydrogen-bond donors (Lipinski definition) is 1. The van der Waals surface area contributed by atoms with E-state index in [0.29, 0.717) is 29.7 Å². The van der Waals surface area contributed by atoms with E-state index >= 15 is 0 Å². The average Bonchev–Trinajstić information content (AvgIpc) is 2.63. The molecule has 1 N–H and O–H groups in total. The van der Waals surface area contributed by atoms with Gasteiger partial charge in [-0.3, -0.25) is 4.79 Å². The number of hydrogen-bond acceptors (Lipinski definition) is 6. The Kier molecular flexibility index (Phi) is 6.60. The van der Waals surface area contributed by atoms with Crippen LogP contribution >= 0.6 is 0 Å². The van der Waals surface area contributed by atoms with Gasteiger partial charge in [0.2, 0.25) is 0 Å². The number of ether oxygens (including phenoxy) is 1. The molecule has 2 rings (SSSR count). The molecular formula is C20H24NO6-. The van der Waals surface area contributed by atoms with Crippen molar-refractivity contribution < 1.29 is 23.8 Å². The summed E-state index contributed by atoms with van der Waals surface area (Å²) in [5, 5.41) is 14.3. The topological polar surface area (TPSA) is 109 Å². The summed E-state index contributed by atoms with van der Waals surface area (Å²) in [6, 6.07) is 3.90. The molecule has 0 saturated carbocycles. The Labute approximate surface area is 157 Å². The Morgan fingerprint density at radius 3 is 2.59 bits per heavy atom. The lowest BCUT2D eigenvalue weighted by Gasteiger charge is -2.22. The van der Waals surface area contributed by atoms with E-state index in [1.165, 1.54) is 13.0 Å². The number of fused-ring (bicyclic) bond motifs is 1. The fraction of sp³-hybridized carbons (Fsp3) is 0.450. The molecule has 0 aliphatic carbocycles. The minimum Gasteiger partial charge on any atom is -0.548 e. The van der Waals surface area contributed by atoms with Gasteiger partial charge >= 0.3 is 5.63 Å². The molecular weight excluding hydrogens is 350 g/mol. The second-order valence-corrected chi connectivity index (χ2v) is 6.44. The molecule has 1 aromatic carbocycles. The standard InChI is InChI=1S/C20H25NO6/c1-5-7-15(20(24)25)21-19(23)12(4)26-16-9-8-14-13(6-2)10-17(22)27-18(14)11(16)3/h8-10,12,15H,5-7H2,1-4H3,(H,21,23)(H,24,25)/p-1/t12-,15-/m1/s1. The molecule has 7 heteroatoms. The lowest BCUT2D eigenvalue weighted by atomic mass is 10.0. The van der Waals surface area contributed by atoms with Gasteiger partial charge in [0.15, 0.2) is 6.10 Å². The summed E-state index contributed by atoms with van der Waals surface area (Å²) in [4.78, 5) is 35.1. The smallest absolute Gasteiger partial charge is 0.336 e. The molecule has 27 heavy (non-hydrogen) atoms. The predicted molar refractivity (Wildman–Crippen MR) is 98.5 cm³/mol. The van der Waals surface area contributed by atoms with E-state index in [0.717, 1.165) is 10.9 Å². The number of carboxylic acids is 1. The van der Waals surface area contributed by atoms with Crippen molar-refractivity contribution in [2.75, 3.05) is 0 Å². The summed E-state index contributed by atoms with van der Waals surface area (Å²) in [6.07, 6.45) is 0.626. The summed E-state index contributed by atoms with van der Waals surface area (Å²) >= 11 is 0. The number of rotatable bonds is 8. The number of nitrogens with one attached hydrogen (secondary N) is 1. The summed E-state index contributed by atoms with van der Waals surface area (Å²) in [6.45, 7) is 7.03. The fourth-order valence-electron chi connectivity index (χ4n) is 2.90. The summed E-state index contributed by atoms with van der Waals surface area (Å²) < 4.78 is 11.0. The summed E-state index contributed by atoms with van der Waals surface area (Å²) in [5.41, 5.74) is 1.45. The normalized spacial score (nSPS) is 13.2. The van der Waals surface area contributed by atoms with Crippen molar-refractivity contribution in [3.63, 3.8) is 0 Å². The predicted octanol–water partition coefficient (Wildman–Crippen LogP) is 1.47. The van der Waals surface area contributed by atoms with Crippen LogP contribution in [0.25, 0.3) is 11.0 Å². The Hall–Kier alpha value is -2.83. The first-order valence-electron chi connectivity index (χ1n) is 9.02. The highest BCUT2D eigenvalue weighted by atomic mass is 16.5. The maximum atomic E-state index is 12.3. The van der Waals surface area contributed by atoms with Crippen LogP contribution in [0.3, 0.4) is 0 Å². The quantitative estimate of drug-likeness (QED) is 0.701. The molecule has 146 valence electrons. The first-order valence-corrected chi connectivity index (χ1v) is 9.02. The van der Waals surface area contributed by atoms with Gasteiger partial charge in [-0.05, 0) is 44.4 Å². The number of aliphatic carboxylic acids is 1. The van der Waals surface area contributed by atoms with E-state index in [1.54, 1.807) is 19.1 Å². The number of aryl methyl sites for hydroxylation is 2. The van der Waals surface area contributed by atoms with Crippen LogP contribution in [0, 0.1) is 6.92 Å². The van der Waals surface area contributed by atoms with Crippen molar-refractivity contribution in [3.8, 4) is 5.75 Å². The van der Waals surface area contributed by atoms with E-state index in [4.69, 9.17) is 9.15 Å². The van der Waals surface area contributed by atoms with Crippen LogP contribution in [0.15, 0.2) is 27.4 Å². The molecule has 1 aromatic heterocycles. The molecule has 2 atom stereocenters. The second kappa shape index (κ2) is 8.70. The van der Waals surface area contributed by atoms with Crippen LogP contribution in [0.4, 0.5) is 0 Å². The third-order valence-corrected chi connectivity index (χ3v) is 4.43. The third kappa shape index (κ3) is 4.67. The lowest BCUT2D eigenvalue weighted by molar-refractivity contribution is -0.308. The summed E-state index contributed by atoms with van der Waals surface area (Å²) in [5.74, 6) is -1.49. The zero-order chi connectivity index (χ0) is 20.1. The fourth-order valence-corrected chi connectivity index (χ4v) is 2.90. The number of benzene rings is 1. The molecule has 0 aliphatic heterocycles. The molecule has 0 fully saturated rings. The molecule has 0 radical (unpaired) electrons. The van der Waals surface area contributed by atoms with E-state index in [2.05, 4.69) is 5.32 Å². The Bertz CT molecular complexity index is 901. The van der Waals surface area contributed by atoms with Crippen molar-refractivity contribution >= 4 is 22.8 Å². The van der Waals surface area contributed by atoms with Crippen molar-refractivity contribution in [1.29, 1.82) is 0 Å². The maximum Gasteiger partial charge on any atom is 0.336 e. The number of amides is 1. The van der Waals surface area contributed by atoms with Gasteiger partial charge in [-0.25, -0.2) is 4.79 Å². The van der Waals surface area contributed by atoms with E-state index in [1.807, 2.05) is 13.8 Å². The van der Waals surface area contributed by atoms with Crippen LogP contribution in [0.1, 0.15) is 44.7 Å². The molecule has 0 bridgehead atoms. The minimum absolute atomic E-state index is 0.279. The Balaban J connectivity index is 2.25. The highest BCUT2D eigenvalue weighted by molar-refractivity contribution is 5.87. The highest BCUT2D eigenvalue weighted by Gasteiger charge is 2.21. The molecule has 1 heterocycles. The average molecular weight is 374 g/mol. The molecule has 0 aliphatic rings. The third-order valence-electron chi connectivity index (χ3n) is 4.43. The van der Waals surface area contributed by atoms with Gasteiger partial charge in [0, 0.05) is 17.0 Å². The lowest BCUT2D eigenvalue weighted by Crippen LogP contribution is -2.51. The van der Waals surface area contributed by atoms with Gasteiger partial charge in [0.25, 0.3) is 5.91 Å². The maximum absolute atomic E-state index is 12.3. The number of carboxylic acid groups (broad SMARTS) is 1. The van der Waals surface area contributed by atoms with E-state index in [9.17, 15) is 19.5 Å². The van der Waals surface area contributed by atoms with Crippen molar-refractivity contribution in [2.45, 2.75) is 59.1 Å². The van der Waals surface area contributed by atoms with E-state index in [-0.39, 0.29) is 6.42 Å². The summed E-state index contributed by atoms with van der Waals surface area (Å²) in [7, 11) is 0. The molecule has 0 spiro atoms. The van der Waals surface area contributed by atoms with Crippen LogP contribution in [0.5, 0.6) is 5.75 Å². The second-order valence-electron chi connectivity index (χ2n) is 6.44. The molecule has 2 aromatic rings. The van der Waals surface area contributed by atoms with Gasteiger partial charge < -0.3 is 24.4 Å². The first kappa shape index (κ1) is 20.5. The van der Waals surface area contributed by atoms with Gasteiger partial charge in [-0.2, -0.15) is 0 Å². The van der Waals surface area contributed by atoms with Crippen molar-refractivity contribution in [2.24, 2.45) is 0 Å². The molecule has 0 saturated heterocycles. The molecule has 0 unspecified atom stereocenters. The van der Waals surface area contributed by atoms with Crippen LogP contribution in [-0.4, -0.2) is 24.0 Å². The monoisotopic (exact) mass is 374 g/mol. The van der Waals surface area contributed by atoms with Gasteiger partial charge in [-0.15, -0.1) is 0 Å². The minimum atomic E-state index is -1.33.